The van der Waals surface area contributed by atoms with E-state index < -0.39 is 5.97 Å². The van der Waals surface area contributed by atoms with E-state index in [9.17, 15) is 19.2 Å². The maximum atomic E-state index is 12.9. The van der Waals surface area contributed by atoms with E-state index in [0.717, 1.165) is 12.8 Å². The van der Waals surface area contributed by atoms with E-state index in [1.807, 2.05) is 12.1 Å². The van der Waals surface area contributed by atoms with Gasteiger partial charge in [-0.3, -0.25) is 19.0 Å². The fourth-order valence-electron chi connectivity index (χ4n) is 3.95. The summed E-state index contributed by atoms with van der Waals surface area (Å²) in [6, 6.07) is 7.32. The number of fused-ring (bicyclic) bond motifs is 1. The predicted octanol–water partition coefficient (Wildman–Crippen LogP) is 1.51. The maximum absolute atomic E-state index is 12.9. The van der Waals surface area contributed by atoms with Crippen LogP contribution in [0.25, 0.3) is 10.9 Å². The van der Waals surface area contributed by atoms with Crippen LogP contribution in [0.1, 0.15) is 38.1 Å². The molecule has 0 unspecified atom stereocenters. The third kappa shape index (κ3) is 5.32. The van der Waals surface area contributed by atoms with Crippen LogP contribution in [-0.4, -0.2) is 76.7 Å². The summed E-state index contributed by atoms with van der Waals surface area (Å²) in [6.45, 7) is 3.19. The van der Waals surface area contributed by atoms with Crippen LogP contribution in [0.15, 0.2) is 29.1 Å². The number of hydrogen-bond donors (Lipinski definition) is 0. The standard InChI is InChI=1S/C23H28N4O6/c1-2-32-23(31)26-13-11-25(12-14-26)20(28)15-33-21(29)10-9-19-24-18-6-4-3-5-17(18)22(30)27(19)16-7-8-16/h3-6,16H,2,7-15H2,1H3. The van der Waals surface area contributed by atoms with Crippen molar-refractivity contribution in [2.45, 2.75) is 38.6 Å². The molecule has 1 aromatic carbocycles. The van der Waals surface area contributed by atoms with Gasteiger partial charge in [0.2, 0.25) is 0 Å². The Bertz CT molecular complexity index is 1100. The summed E-state index contributed by atoms with van der Waals surface area (Å²) in [5.74, 6) is -0.247. The number of para-hydroxylation sites is 1. The quantitative estimate of drug-likeness (QED) is 0.581. The average Bonchev–Trinajstić information content (AvgIpc) is 3.66. The zero-order valence-electron chi connectivity index (χ0n) is 18.7. The van der Waals surface area contributed by atoms with Gasteiger partial charge in [-0.15, -0.1) is 0 Å². The number of carbonyl (C=O) groups excluding carboxylic acids is 3. The van der Waals surface area contributed by atoms with Crippen molar-refractivity contribution in [2.24, 2.45) is 0 Å². The van der Waals surface area contributed by atoms with Crippen molar-refractivity contribution >= 4 is 28.9 Å². The van der Waals surface area contributed by atoms with Crippen LogP contribution in [0.3, 0.4) is 0 Å². The number of carbonyl (C=O) groups is 3. The molecule has 0 bridgehead atoms. The van der Waals surface area contributed by atoms with Gasteiger partial charge in [-0.1, -0.05) is 12.1 Å². The Morgan fingerprint density at radius 2 is 1.73 bits per heavy atom. The summed E-state index contributed by atoms with van der Waals surface area (Å²) in [5, 5.41) is 0.573. The number of aromatic nitrogens is 2. The molecule has 0 radical (unpaired) electrons. The van der Waals surface area contributed by atoms with Crippen molar-refractivity contribution in [1.29, 1.82) is 0 Å². The number of aryl methyl sites for hydroxylation is 1. The first-order valence-electron chi connectivity index (χ1n) is 11.3. The van der Waals surface area contributed by atoms with Crippen molar-refractivity contribution in [2.75, 3.05) is 39.4 Å². The number of rotatable bonds is 7. The minimum atomic E-state index is -0.515. The molecular formula is C23H28N4O6. The van der Waals surface area contributed by atoms with Gasteiger partial charge in [0.1, 0.15) is 5.82 Å². The first-order valence-corrected chi connectivity index (χ1v) is 11.3. The number of esters is 1. The van der Waals surface area contributed by atoms with Crippen molar-refractivity contribution in [1.82, 2.24) is 19.4 Å². The zero-order chi connectivity index (χ0) is 23.4. The Hall–Kier alpha value is -3.43. The lowest BCUT2D eigenvalue weighted by atomic mass is 10.2. The third-order valence-corrected chi connectivity index (χ3v) is 5.86. The second-order valence-corrected chi connectivity index (χ2v) is 8.18. The molecule has 1 saturated carbocycles. The lowest BCUT2D eigenvalue weighted by Gasteiger charge is -2.33. The molecule has 4 rings (SSSR count). The van der Waals surface area contributed by atoms with Crippen LogP contribution in [-0.2, 0) is 25.5 Å². The van der Waals surface area contributed by atoms with Crippen LogP contribution < -0.4 is 5.56 Å². The Labute approximate surface area is 191 Å². The van der Waals surface area contributed by atoms with Gasteiger partial charge in [0.15, 0.2) is 6.61 Å². The van der Waals surface area contributed by atoms with Gasteiger partial charge in [-0.05, 0) is 31.9 Å². The molecular weight excluding hydrogens is 428 g/mol. The highest BCUT2D eigenvalue weighted by Gasteiger charge is 2.29. The molecule has 176 valence electrons. The molecule has 2 fully saturated rings. The van der Waals surface area contributed by atoms with Gasteiger partial charge in [0.05, 0.1) is 23.9 Å². The first-order chi connectivity index (χ1) is 16.0. The number of hydrogen-bond acceptors (Lipinski definition) is 7. The van der Waals surface area contributed by atoms with Crippen molar-refractivity contribution < 1.29 is 23.9 Å². The summed E-state index contributed by atoms with van der Waals surface area (Å²) in [4.78, 5) is 57.0. The minimum absolute atomic E-state index is 0.0292. The van der Waals surface area contributed by atoms with Crippen LogP contribution in [0.4, 0.5) is 4.79 Å². The molecule has 10 heteroatoms. The fourth-order valence-corrected chi connectivity index (χ4v) is 3.95. The molecule has 0 N–H and O–H groups in total. The molecule has 1 aliphatic carbocycles. The van der Waals surface area contributed by atoms with Crippen molar-refractivity contribution in [3.8, 4) is 0 Å². The van der Waals surface area contributed by atoms with Gasteiger partial charge in [-0.2, -0.15) is 0 Å². The summed E-state index contributed by atoms with van der Waals surface area (Å²) < 4.78 is 11.8. The highest BCUT2D eigenvalue weighted by molar-refractivity contribution is 5.81. The monoisotopic (exact) mass is 456 g/mol. The number of piperazine rings is 1. The second-order valence-electron chi connectivity index (χ2n) is 8.18. The Kier molecular flexibility index (Phi) is 6.90. The van der Waals surface area contributed by atoms with Gasteiger partial charge in [0, 0.05) is 38.6 Å². The Morgan fingerprint density at radius 1 is 1.03 bits per heavy atom. The van der Waals surface area contributed by atoms with Gasteiger partial charge in [-0.25, -0.2) is 9.78 Å². The van der Waals surface area contributed by atoms with E-state index >= 15 is 0 Å². The molecule has 1 aliphatic heterocycles. The van der Waals surface area contributed by atoms with Gasteiger partial charge < -0.3 is 19.3 Å². The largest absolute Gasteiger partial charge is 0.456 e. The highest BCUT2D eigenvalue weighted by atomic mass is 16.6. The predicted molar refractivity (Wildman–Crippen MR) is 119 cm³/mol. The summed E-state index contributed by atoms with van der Waals surface area (Å²) in [5.41, 5.74) is 0.531. The fraction of sp³-hybridized carbons (Fsp3) is 0.522. The molecule has 2 amide bonds. The molecule has 1 aromatic heterocycles. The van der Waals surface area contributed by atoms with E-state index in [1.54, 1.807) is 33.4 Å². The average molecular weight is 456 g/mol. The van der Waals surface area contributed by atoms with Crippen LogP contribution in [0, 0.1) is 0 Å². The van der Waals surface area contributed by atoms with Crippen LogP contribution >= 0.6 is 0 Å². The van der Waals surface area contributed by atoms with E-state index in [2.05, 4.69) is 4.98 Å². The molecule has 2 aliphatic rings. The first kappa shape index (κ1) is 22.8. The lowest BCUT2D eigenvalue weighted by Crippen LogP contribution is -2.51. The topological polar surface area (TPSA) is 111 Å². The van der Waals surface area contributed by atoms with Gasteiger partial charge in [0.25, 0.3) is 11.5 Å². The molecule has 0 spiro atoms. The summed E-state index contributed by atoms with van der Waals surface area (Å²) >= 11 is 0. The molecule has 2 aromatic rings. The molecule has 1 saturated heterocycles. The van der Waals surface area contributed by atoms with E-state index in [-0.39, 0.29) is 43.1 Å². The highest BCUT2D eigenvalue weighted by Crippen LogP contribution is 2.34. The lowest BCUT2D eigenvalue weighted by molar-refractivity contribution is -0.152. The smallest absolute Gasteiger partial charge is 0.409 e. The van der Waals surface area contributed by atoms with E-state index in [0.29, 0.717) is 49.5 Å². The summed E-state index contributed by atoms with van der Waals surface area (Å²) in [7, 11) is 0. The SMILES string of the molecule is CCOC(=O)N1CCN(C(=O)COC(=O)CCc2nc3ccccc3c(=O)n2C2CC2)CC1. The second kappa shape index (κ2) is 10.0. The normalized spacial score (nSPS) is 16.0. The van der Waals surface area contributed by atoms with Crippen molar-refractivity contribution in [3.63, 3.8) is 0 Å². The molecule has 10 nitrogen and oxygen atoms in total. The Balaban J connectivity index is 1.29. The van der Waals surface area contributed by atoms with Crippen LogP contribution in [0.2, 0.25) is 0 Å². The molecule has 0 atom stereocenters. The number of ether oxygens (including phenoxy) is 2. The number of nitrogens with zero attached hydrogens (tertiary/aromatic N) is 4. The zero-order valence-corrected chi connectivity index (χ0v) is 18.7. The van der Waals surface area contributed by atoms with Crippen molar-refractivity contribution in [3.05, 3.63) is 40.4 Å². The van der Waals surface area contributed by atoms with Crippen LogP contribution in [0.5, 0.6) is 0 Å². The number of amides is 2. The van der Waals surface area contributed by atoms with E-state index in [4.69, 9.17) is 9.47 Å². The molecule has 33 heavy (non-hydrogen) atoms. The Morgan fingerprint density at radius 3 is 2.42 bits per heavy atom. The third-order valence-electron chi connectivity index (χ3n) is 5.86. The summed E-state index contributed by atoms with van der Waals surface area (Å²) in [6.07, 6.45) is 1.76. The molecule has 2 heterocycles. The maximum Gasteiger partial charge on any atom is 0.409 e. The minimum Gasteiger partial charge on any atom is -0.456 e. The van der Waals surface area contributed by atoms with E-state index in [1.165, 1.54) is 0 Å². The number of benzene rings is 1. The van der Waals surface area contributed by atoms with Gasteiger partial charge >= 0.3 is 12.1 Å².